The molecule has 0 saturated carbocycles. The van der Waals surface area contributed by atoms with Gasteiger partial charge in [-0.15, -0.1) is 0 Å². The van der Waals surface area contributed by atoms with E-state index in [1.807, 2.05) is 30.3 Å². The van der Waals surface area contributed by atoms with Crippen LogP contribution in [-0.4, -0.2) is 72.3 Å². The molecule has 2 rings (SSSR count). The largest absolute Gasteiger partial charge is 0.467 e. The first-order valence-electron chi connectivity index (χ1n) is 8.50. The Bertz CT molecular complexity index is 621. The second kappa shape index (κ2) is 9.76. The lowest BCUT2D eigenvalue weighted by molar-refractivity contribution is -0.153. The average molecular weight is 364 g/mol. The number of benzene rings is 1. The minimum Gasteiger partial charge on any atom is -0.467 e. The lowest BCUT2D eigenvalue weighted by atomic mass is 10.1. The van der Waals surface area contributed by atoms with E-state index in [4.69, 9.17) is 14.6 Å². The van der Waals surface area contributed by atoms with E-state index >= 15 is 0 Å². The summed E-state index contributed by atoms with van der Waals surface area (Å²) in [6.07, 6.45) is -0.323. The van der Waals surface area contributed by atoms with E-state index in [1.165, 1.54) is 16.9 Å². The Kier molecular flexibility index (Phi) is 7.40. The first kappa shape index (κ1) is 19.7. The van der Waals surface area contributed by atoms with E-state index < -0.39 is 18.1 Å². The van der Waals surface area contributed by atoms with Gasteiger partial charge in [-0.25, -0.2) is 9.59 Å². The second-order valence-electron chi connectivity index (χ2n) is 5.92. The summed E-state index contributed by atoms with van der Waals surface area (Å²) in [5, 5.41) is 9.16. The van der Waals surface area contributed by atoms with Crippen molar-refractivity contribution in [1.82, 2.24) is 9.80 Å². The molecular formula is C18H24N2O6. The number of carbonyl (C=O) groups excluding carboxylic acids is 3. The fourth-order valence-electron chi connectivity index (χ4n) is 2.82. The van der Waals surface area contributed by atoms with Crippen LogP contribution in [0.25, 0.3) is 0 Å². The van der Waals surface area contributed by atoms with Gasteiger partial charge in [0.25, 0.3) is 0 Å². The summed E-state index contributed by atoms with van der Waals surface area (Å²) < 4.78 is 10.0. The zero-order valence-electron chi connectivity index (χ0n) is 14.8. The molecule has 1 fully saturated rings. The number of ether oxygens (including phenoxy) is 2. The van der Waals surface area contributed by atoms with Gasteiger partial charge in [-0.3, -0.25) is 4.79 Å². The maximum Gasteiger partial charge on any atom is 0.410 e. The molecule has 1 aromatic rings. The van der Waals surface area contributed by atoms with Gasteiger partial charge in [-0.05, 0) is 5.56 Å². The highest BCUT2D eigenvalue weighted by molar-refractivity contribution is 5.85. The van der Waals surface area contributed by atoms with E-state index in [2.05, 4.69) is 0 Å². The molecule has 8 heteroatoms. The van der Waals surface area contributed by atoms with Crippen molar-refractivity contribution < 1.29 is 29.0 Å². The summed E-state index contributed by atoms with van der Waals surface area (Å²) in [6, 6.07) is 8.47. The summed E-state index contributed by atoms with van der Waals surface area (Å²) >= 11 is 0. The van der Waals surface area contributed by atoms with Crippen molar-refractivity contribution in [3.8, 4) is 0 Å². The molecule has 2 amide bonds. The standard InChI is InChI=1S/C18H24N2O6/c1-25-17(23)15(8-12-21)20-11-10-19(9-7-16(20)22)18(24)26-13-14-5-3-2-4-6-14/h2-6,15,21H,7-13H2,1H3/t15-/m0/s1. The fourth-order valence-corrected chi connectivity index (χ4v) is 2.82. The third kappa shape index (κ3) is 5.19. The van der Waals surface area contributed by atoms with Crippen molar-refractivity contribution in [3.63, 3.8) is 0 Å². The lowest BCUT2D eigenvalue weighted by Crippen LogP contribution is -2.47. The number of methoxy groups -OCH3 is 1. The minimum atomic E-state index is -0.849. The molecule has 1 aromatic carbocycles. The van der Waals surface area contributed by atoms with Crippen LogP contribution >= 0.6 is 0 Å². The Hall–Kier alpha value is -2.61. The average Bonchev–Trinajstić information content (AvgIpc) is 2.86. The molecule has 1 aliphatic rings. The van der Waals surface area contributed by atoms with Crippen molar-refractivity contribution >= 4 is 18.0 Å². The van der Waals surface area contributed by atoms with Crippen LogP contribution in [0.15, 0.2) is 30.3 Å². The molecule has 0 unspecified atom stereocenters. The Morgan fingerprint density at radius 1 is 1.19 bits per heavy atom. The molecule has 142 valence electrons. The topological polar surface area (TPSA) is 96.4 Å². The van der Waals surface area contributed by atoms with Crippen molar-refractivity contribution in [2.24, 2.45) is 0 Å². The van der Waals surface area contributed by atoms with Crippen LogP contribution < -0.4 is 0 Å². The smallest absolute Gasteiger partial charge is 0.410 e. The highest BCUT2D eigenvalue weighted by atomic mass is 16.6. The first-order valence-corrected chi connectivity index (χ1v) is 8.50. The van der Waals surface area contributed by atoms with Gasteiger partial charge in [0.15, 0.2) is 0 Å². The zero-order chi connectivity index (χ0) is 18.9. The van der Waals surface area contributed by atoms with Gasteiger partial charge in [0.1, 0.15) is 12.6 Å². The summed E-state index contributed by atoms with van der Waals surface area (Å²) in [4.78, 5) is 39.3. The molecule has 0 spiro atoms. The van der Waals surface area contributed by atoms with Crippen LogP contribution in [-0.2, 0) is 25.7 Å². The molecule has 1 N–H and O–H groups in total. The van der Waals surface area contributed by atoms with Gasteiger partial charge in [0.05, 0.1) is 7.11 Å². The summed E-state index contributed by atoms with van der Waals surface area (Å²) in [5.41, 5.74) is 0.877. The number of amides is 2. The Balaban J connectivity index is 1.95. The van der Waals surface area contributed by atoms with Gasteiger partial charge in [-0.1, -0.05) is 30.3 Å². The third-order valence-electron chi connectivity index (χ3n) is 4.24. The van der Waals surface area contributed by atoms with Crippen LogP contribution in [0.1, 0.15) is 18.4 Å². The molecule has 0 aliphatic carbocycles. The summed E-state index contributed by atoms with van der Waals surface area (Å²) in [6.45, 7) is 0.558. The predicted octanol–water partition coefficient (Wildman–Crippen LogP) is 0.781. The number of carbonyl (C=O) groups is 3. The molecule has 0 radical (unpaired) electrons. The molecule has 1 saturated heterocycles. The summed E-state index contributed by atoms with van der Waals surface area (Å²) in [7, 11) is 1.24. The monoisotopic (exact) mass is 364 g/mol. The van der Waals surface area contributed by atoms with Crippen LogP contribution in [0.4, 0.5) is 4.79 Å². The zero-order valence-corrected chi connectivity index (χ0v) is 14.8. The van der Waals surface area contributed by atoms with Crippen molar-refractivity contribution in [3.05, 3.63) is 35.9 Å². The van der Waals surface area contributed by atoms with Crippen LogP contribution in [0, 0.1) is 0 Å². The number of hydrogen-bond acceptors (Lipinski definition) is 6. The Labute approximate surface area is 152 Å². The minimum absolute atomic E-state index is 0.0827. The highest BCUT2D eigenvalue weighted by Gasteiger charge is 2.33. The van der Waals surface area contributed by atoms with Gasteiger partial charge in [-0.2, -0.15) is 0 Å². The molecule has 8 nitrogen and oxygen atoms in total. The summed E-state index contributed by atoms with van der Waals surface area (Å²) in [5.74, 6) is -0.834. The van der Waals surface area contributed by atoms with E-state index in [9.17, 15) is 14.4 Å². The quantitative estimate of drug-likeness (QED) is 0.750. The van der Waals surface area contributed by atoms with Crippen molar-refractivity contribution in [1.29, 1.82) is 0 Å². The van der Waals surface area contributed by atoms with Gasteiger partial charge in [0.2, 0.25) is 5.91 Å². The van der Waals surface area contributed by atoms with Crippen molar-refractivity contribution in [2.45, 2.75) is 25.5 Å². The van der Waals surface area contributed by atoms with E-state index in [0.717, 1.165) is 5.56 Å². The molecule has 0 aromatic heterocycles. The normalized spacial score (nSPS) is 16.0. The van der Waals surface area contributed by atoms with Gasteiger partial charge in [0, 0.05) is 39.1 Å². The fraction of sp³-hybridized carbons (Fsp3) is 0.500. The number of hydrogen-bond donors (Lipinski definition) is 1. The molecule has 1 heterocycles. The van der Waals surface area contributed by atoms with Crippen LogP contribution in [0.5, 0.6) is 0 Å². The SMILES string of the molecule is COC(=O)[C@H](CCO)N1CCN(C(=O)OCc2ccccc2)CCC1=O. The lowest BCUT2D eigenvalue weighted by Gasteiger charge is -2.28. The van der Waals surface area contributed by atoms with Gasteiger partial charge >= 0.3 is 12.1 Å². The molecule has 0 bridgehead atoms. The third-order valence-corrected chi connectivity index (χ3v) is 4.24. The number of esters is 1. The Morgan fingerprint density at radius 3 is 2.58 bits per heavy atom. The molecule has 26 heavy (non-hydrogen) atoms. The first-order chi connectivity index (χ1) is 12.6. The van der Waals surface area contributed by atoms with E-state index in [1.54, 1.807) is 0 Å². The van der Waals surface area contributed by atoms with Crippen LogP contribution in [0.2, 0.25) is 0 Å². The maximum absolute atomic E-state index is 12.4. The maximum atomic E-state index is 12.4. The van der Waals surface area contributed by atoms with E-state index in [-0.39, 0.29) is 51.6 Å². The molecular weight excluding hydrogens is 340 g/mol. The molecule has 1 atom stereocenters. The number of aliphatic hydroxyl groups is 1. The van der Waals surface area contributed by atoms with Crippen LogP contribution in [0.3, 0.4) is 0 Å². The number of nitrogens with zero attached hydrogens (tertiary/aromatic N) is 2. The van der Waals surface area contributed by atoms with E-state index in [0.29, 0.717) is 0 Å². The second-order valence-corrected chi connectivity index (χ2v) is 5.92. The predicted molar refractivity (Wildman–Crippen MR) is 92.0 cm³/mol. The van der Waals surface area contributed by atoms with Crippen molar-refractivity contribution in [2.75, 3.05) is 33.4 Å². The van der Waals surface area contributed by atoms with Gasteiger partial charge < -0.3 is 24.4 Å². The Morgan fingerprint density at radius 2 is 1.92 bits per heavy atom. The number of aliphatic hydroxyl groups excluding tert-OH is 1. The molecule has 1 aliphatic heterocycles. The highest BCUT2D eigenvalue weighted by Crippen LogP contribution is 2.14. The number of rotatable bonds is 6.